The van der Waals surface area contributed by atoms with Crippen molar-refractivity contribution in [2.75, 3.05) is 0 Å². The van der Waals surface area contributed by atoms with Gasteiger partial charge in [0.1, 0.15) is 0 Å². The van der Waals surface area contributed by atoms with E-state index < -0.39 is 21.3 Å². The molecule has 2 aliphatic rings. The van der Waals surface area contributed by atoms with Gasteiger partial charge in [-0.1, -0.05) is 0 Å². The van der Waals surface area contributed by atoms with Crippen LogP contribution in [0.2, 0.25) is 0 Å². The molecule has 0 aliphatic heterocycles. The standard InChI is InChI=1S/C21H25.C15H14.C12H19.2ClH.Zr/c1-20(2,3)16-7-9-18-14(12-16)11-15-13-17(21(4,5)6)8-10-19(15)18;1-12-3-7-14(8-4-12)11-15-9-5-13(2)6-10-15;1-5-6-10-7-8-11(9-10)12(2,3)4;;;/h7-10,12H,11H2,1-6H3;3-10H,1-2H3;8-10H,5-6H2,1-4H3;2*1H;/q;;;;;+2/p-2. The number of benzene rings is 4. The smallest absolute Gasteiger partial charge is 1.00 e. The van der Waals surface area contributed by atoms with Gasteiger partial charge in [0.15, 0.2) is 0 Å². The van der Waals surface area contributed by atoms with Crippen molar-refractivity contribution in [3.05, 3.63) is 144 Å². The minimum Gasteiger partial charge on any atom is -1.00 e. The molecule has 0 aromatic heterocycles. The number of allylic oxidation sites excluding steroid dienone is 4. The number of hydrogen-bond acceptors (Lipinski definition) is 0. The van der Waals surface area contributed by atoms with Crippen LogP contribution >= 0.6 is 0 Å². The van der Waals surface area contributed by atoms with E-state index in [1.807, 2.05) is 0 Å². The van der Waals surface area contributed by atoms with Crippen molar-refractivity contribution >= 4 is 6.48 Å². The molecule has 0 saturated heterocycles. The molecule has 0 heterocycles. The molecule has 6 rings (SSSR count). The second-order valence-corrected chi connectivity index (χ2v) is 23.6. The maximum atomic E-state index is 2.71. The minimum atomic E-state index is -2.99. The Labute approximate surface area is 330 Å². The zero-order valence-corrected chi connectivity index (χ0v) is 37.1. The number of hydrogen-bond donors (Lipinski definition) is 0. The predicted molar refractivity (Wildman–Crippen MR) is 211 cm³/mol. The Morgan fingerprint density at radius 2 is 1.22 bits per heavy atom. The van der Waals surface area contributed by atoms with Crippen molar-refractivity contribution in [2.45, 2.75) is 113 Å². The van der Waals surface area contributed by atoms with Crippen molar-refractivity contribution in [3.63, 3.8) is 0 Å². The fourth-order valence-electron chi connectivity index (χ4n) is 7.87. The van der Waals surface area contributed by atoms with E-state index >= 15 is 0 Å². The molecular weight excluding hydrogens is 739 g/mol. The van der Waals surface area contributed by atoms with E-state index in [4.69, 9.17) is 0 Å². The van der Waals surface area contributed by atoms with Crippen molar-refractivity contribution in [1.82, 2.24) is 0 Å². The van der Waals surface area contributed by atoms with E-state index in [9.17, 15) is 0 Å². The first-order chi connectivity index (χ1) is 23.0. The van der Waals surface area contributed by atoms with E-state index in [0.29, 0.717) is 5.92 Å². The quantitative estimate of drug-likeness (QED) is 0.190. The maximum absolute atomic E-state index is 2.99. The van der Waals surface area contributed by atoms with Crippen molar-refractivity contribution in [3.8, 4) is 11.1 Å². The van der Waals surface area contributed by atoms with Gasteiger partial charge in [0.05, 0.1) is 0 Å². The summed E-state index contributed by atoms with van der Waals surface area (Å²) in [6.45, 7) is 28.4. The average Bonchev–Trinajstić information content (AvgIpc) is 3.61. The summed E-state index contributed by atoms with van der Waals surface area (Å²) in [5.41, 5.74) is 16.3. The molecule has 0 fully saturated rings. The number of aryl methyl sites for hydroxylation is 2. The minimum absolute atomic E-state index is 0. The number of rotatable bonds is 6. The molecule has 0 radical (unpaired) electrons. The molecule has 4 aromatic carbocycles. The van der Waals surface area contributed by atoms with Crippen LogP contribution in [0.4, 0.5) is 0 Å². The average molecular weight is 797 g/mol. The van der Waals surface area contributed by atoms with Gasteiger partial charge < -0.3 is 24.8 Å². The first-order valence-corrected chi connectivity index (χ1v) is 22.3. The summed E-state index contributed by atoms with van der Waals surface area (Å²) < 4.78 is 5.12. The summed E-state index contributed by atoms with van der Waals surface area (Å²) in [5, 5.41) is 0. The van der Waals surface area contributed by atoms with Crippen LogP contribution in [0.25, 0.3) is 11.1 Å². The Hall–Kier alpha value is -2.31. The molecule has 0 N–H and O–H groups in total. The third kappa shape index (κ3) is 8.43. The largest absolute Gasteiger partial charge is 1.00 e. The second-order valence-electron chi connectivity index (χ2n) is 17.9. The van der Waals surface area contributed by atoms with Crippen LogP contribution in [0.3, 0.4) is 0 Å². The topological polar surface area (TPSA) is 0 Å². The molecule has 0 bridgehead atoms. The van der Waals surface area contributed by atoms with Crippen LogP contribution < -0.4 is 28.1 Å². The molecule has 1 atom stereocenters. The van der Waals surface area contributed by atoms with Gasteiger partial charge in [-0.3, -0.25) is 0 Å². The molecule has 51 heavy (non-hydrogen) atoms. The first-order valence-electron chi connectivity index (χ1n) is 18.6. The van der Waals surface area contributed by atoms with Gasteiger partial charge in [0, 0.05) is 0 Å². The van der Waals surface area contributed by atoms with Crippen LogP contribution in [0.15, 0.2) is 99.9 Å². The van der Waals surface area contributed by atoms with Crippen LogP contribution in [-0.4, -0.2) is 3.21 Å². The Kier molecular flexibility index (Phi) is 12.7. The van der Waals surface area contributed by atoms with Crippen molar-refractivity contribution < 1.29 is 46.1 Å². The van der Waals surface area contributed by atoms with E-state index in [-0.39, 0.29) is 41.1 Å². The Morgan fingerprint density at radius 3 is 1.71 bits per heavy atom. The molecular formula is C48H58Cl2Zr. The van der Waals surface area contributed by atoms with E-state index in [0.717, 1.165) is 6.42 Å². The molecule has 0 saturated carbocycles. The third-order valence-electron chi connectivity index (χ3n) is 10.8. The predicted octanol–water partition coefficient (Wildman–Crippen LogP) is 6.28. The molecule has 0 amide bonds. The second kappa shape index (κ2) is 15.6. The molecule has 3 heteroatoms. The number of halogens is 2. The van der Waals surface area contributed by atoms with Gasteiger partial charge in [-0.05, 0) is 0 Å². The summed E-state index contributed by atoms with van der Waals surface area (Å²) in [4.78, 5) is 0. The van der Waals surface area contributed by atoms with Gasteiger partial charge in [-0.2, -0.15) is 0 Å². The Bertz CT molecular complexity index is 1940. The van der Waals surface area contributed by atoms with Gasteiger partial charge in [0.2, 0.25) is 0 Å². The van der Waals surface area contributed by atoms with Crippen LogP contribution in [0.5, 0.6) is 0 Å². The van der Waals surface area contributed by atoms with Gasteiger partial charge in [0.25, 0.3) is 0 Å². The van der Waals surface area contributed by atoms with Crippen LogP contribution in [0.1, 0.15) is 127 Å². The number of fused-ring (bicyclic) bond motifs is 3. The summed E-state index contributed by atoms with van der Waals surface area (Å²) in [7, 11) is 0. The maximum Gasteiger partial charge on any atom is -1.00 e. The molecule has 268 valence electrons. The van der Waals surface area contributed by atoms with Gasteiger partial charge in [-0.25, -0.2) is 0 Å². The van der Waals surface area contributed by atoms with Gasteiger partial charge >= 0.3 is 308 Å². The summed E-state index contributed by atoms with van der Waals surface area (Å²) in [5.74, 6) is 0.486. The summed E-state index contributed by atoms with van der Waals surface area (Å²) in [6, 6.07) is 31.4. The molecule has 1 unspecified atom stereocenters. The van der Waals surface area contributed by atoms with Crippen LogP contribution in [-0.2, 0) is 38.5 Å². The Balaban J connectivity index is 0.00000292. The molecule has 0 spiro atoms. The van der Waals surface area contributed by atoms with Crippen molar-refractivity contribution in [1.29, 1.82) is 0 Å². The van der Waals surface area contributed by atoms with Crippen molar-refractivity contribution in [2.24, 2.45) is 11.3 Å². The summed E-state index contributed by atoms with van der Waals surface area (Å²) in [6.07, 6.45) is 8.81. The van der Waals surface area contributed by atoms with Gasteiger partial charge in [-0.15, -0.1) is 0 Å². The SMILES string of the molecule is CCCC1C=C(C(C)(C)C)C=[C]1[Zr+2](=[C](c1ccc(C)cc1)c1ccc(C)cc1)[c]1c(C(C)(C)C)ccc2c1Cc1cc(C(C)(C)C)ccc1-2.[Cl-].[Cl-]. The fourth-order valence-corrected chi connectivity index (χ4v) is 17.4. The van der Waals surface area contributed by atoms with E-state index in [1.54, 1.807) is 20.9 Å². The third-order valence-corrected chi connectivity index (χ3v) is 18.7. The van der Waals surface area contributed by atoms with E-state index in [2.05, 4.69) is 174 Å². The molecule has 4 aromatic rings. The zero-order valence-electron chi connectivity index (χ0n) is 33.1. The normalized spacial score (nSPS) is 15.1. The monoisotopic (exact) mass is 794 g/mol. The van der Waals surface area contributed by atoms with E-state index in [1.165, 1.54) is 62.9 Å². The Morgan fingerprint density at radius 1 is 0.667 bits per heavy atom. The summed E-state index contributed by atoms with van der Waals surface area (Å²) >= 11 is -2.99. The molecule has 0 nitrogen and oxygen atoms in total. The zero-order chi connectivity index (χ0) is 35.5. The van der Waals surface area contributed by atoms with Crippen LogP contribution in [0, 0.1) is 25.2 Å². The fraction of sp³-hybridized carbons (Fsp3) is 0.396. The first kappa shape index (κ1) is 41.4. The molecule has 2 aliphatic carbocycles.